The third-order valence-corrected chi connectivity index (χ3v) is 4.49. The van der Waals surface area contributed by atoms with E-state index >= 15 is 0 Å². The van der Waals surface area contributed by atoms with Crippen LogP contribution in [0.4, 0.5) is 17.2 Å². The number of anilines is 2. The second-order valence-corrected chi connectivity index (χ2v) is 6.38. The fourth-order valence-electron chi connectivity index (χ4n) is 2.98. The Morgan fingerprint density at radius 3 is 2.64 bits per heavy atom. The van der Waals surface area contributed by atoms with Gasteiger partial charge >= 0.3 is 0 Å². The first-order chi connectivity index (χ1) is 12.0. The average molecular weight is 340 g/mol. The van der Waals surface area contributed by atoms with Gasteiger partial charge in [-0.15, -0.1) is 0 Å². The highest BCUT2D eigenvalue weighted by atomic mass is 16.6. The molecule has 1 aliphatic rings. The lowest BCUT2D eigenvalue weighted by Gasteiger charge is -2.20. The number of nitrogens with zero attached hydrogens (tertiary/aromatic N) is 4. The highest BCUT2D eigenvalue weighted by molar-refractivity contribution is 6.06. The molecule has 1 amide bonds. The van der Waals surface area contributed by atoms with E-state index in [-0.39, 0.29) is 11.6 Å². The summed E-state index contributed by atoms with van der Waals surface area (Å²) in [7, 11) is 1.65. The molecule has 2 heterocycles. The topological polar surface area (TPSA) is 79.6 Å². The van der Waals surface area contributed by atoms with E-state index in [4.69, 9.17) is 0 Å². The van der Waals surface area contributed by atoms with Gasteiger partial charge in [0.2, 0.25) is 0 Å². The number of non-ortho nitro benzene ring substituents is 1. The first-order valence-electron chi connectivity index (χ1n) is 8.19. The number of pyridine rings is 1. The van der Waals surface area contributed by atoms with Gasteiger partial charge in [-0.1, -0.05) is 6.92 Å². The number of benzene rings is 1. The molecule has 7 nitrogen and oxygen atoms in total. The first-order valence-corrected chi connectivity index (χ1v) is 8.19. The largest absolute Gasteiger partial charge is 0.356 e. The second-order valence-electron chi connectivity index (χ2n) is 6.38. The molecule has 1 saturated heterocycles. The number of hydrogen-bond donors (Lipinski definition) is 0. The maximum Gasteiger partial charge on any atom is 0.269 e. The van der Waals surface area contributed by atoms with Crippen molar-refractivity contribution in [2.45, 2.75) is 13.3 Å². The first kappa shape index (κ1) is 16.9. The van der Waals surface area contributed by atoms with Gasteiger partial charge < -0.3 is 9.80 Å². The summed E-state index contributed by atoms with van der Waals surface area (Å²) < 4.78 is 0. The van der Waals surface area contributed by atoms with Crippen LogP contribution in [-0.4, -0.2) is 36.0 Å². The normalized spacial score (nSPS) is 16.7. The fourth-order valence-corrected chi connectivity index (χ4v) is 2.98. The van der Waals surface area contributed by atoms with Gasteiger partial charge in [0.1, 0.15) is 5.82 Å². The van der Waals surface area contributed by atoms with E-state index in [0.717, 1.165) is 25.3 Å². The van der Waals surface area contributed by atoms with Crippen LogP contribution in [0.5, 0.6) is 0 Å². The lowest BCUT2D eigenvalue weighted by atomic mass is 10.2. The summed E-state index contributed by atoms with van der Waals surface area (Å²) in [6.07, 6.45) is 2.78. The predicted octanol–water partition coefficient (Wildman–Crippen LogP) is 3.11. The van der Waals surface area contributed by atoms with Gasteiger partial charge in [0.25, 0.3) is 11.6 Å². The Kier molecular flexibility index (Phi) is 4.65. The fraction of sp³-hybridized carbons (Fsp3) is 0.333. The minimum absolute atomic E-state index is 0.000973. The van der Waals surface area contributed by atoms with Crippen molar-refractivity contribution in [2.24, 2.45) is 5.92 Å². The quantitative estimate of drug-likeness (QED) is 0.631. The van der Waals surface area contributed by atoms with E-state index in [0.29, 0.717) is 17.2 Å². The van der Waals surface area contributed by atoms with Crippen molar-refractivity contribution in [3.63, 3.8) is 0 Å². The Balaban J connectivity index is 1.79. The van der Waals surface area contributed by atoms with Gasteiger partial charge in [-0.05, 0) is 36.6 Å². The summed E-state index contributed by atoms with van der Waals surface area (Å²) in [5, 5.41) is 10.7. The molecule has 0 saturated carbocycles. The molecule has 2 aromatic rings. The van der Waals surface area contributed by atoms with Crippen LogP contribution in [-0.2, 0) is 0 Å². The Bertz CT molecular complexity index is 791. The molecule has 0 aliphatic carbocycles. The molecular formula is C18H20N4O3. The Labute approximate surface area is 146 Å². The Morgan fingerprint density at radius 2 is 2.04 bits per heavy atom. The van der Waals surface area contributed by atoms with Gasteiger partial charge in [-0.3, -0.25) is 14.9 Å². The number of carbonyl (C=O) groups is 1. The molecule has 0 radical (unpaired) electrons. The van der Waals surface area contributed by atoms with Crippen LogP contribution < -0.4 is 9.80 Å². The molecule has 1 aromatic carbocycles. The van der Waals surface area contributed by atoms with Crippen LogP contribution in [0, 0.1) is 16.0 Å². The SMILES string of the molecule is C[C@@H]1CCN(c2cc(C(=O)N(C)c3ccc([N+](=O)[O-])cc3)ccn2)C1. The van der Waals surface area contributed by atoms with Gasteiger partial charge in [0, 0.05) is 49.7 Å². The maximum atomic E-state index is 12.7. The summed E-state index contributed by atoms with van der Waals surface area (Å²) >= 11 is 0. The minimum atomic E-state index is -0.461. The molecule has 1 aromatic heterocycles. The third kappa shape index (κ3) is 3.60. The molecule has 25 heavy (non-hydrogen) atoms. The third-order valence-electron chi connectivity index (χ3n) is 4.49. The van der Waals surface area contributed by atoms with E-state index in [1.165, 1.54) is 17.0 Å². The zero-order chi connectivity index (χ0) is 18.0. The number of aromatic nitrogens is 1. The van der Waals surface area contributed by atoms with E-state index in [2.05, 4.69) is 16.8 Å². The minimum Gasteiger partial charge on any atom is -0.356 e. The second kappa shape index (κ2) is 6.88. The molecule has 7 heteroatoms. The summed E-state index contributed by atoms with van der Waals surface area (Å²) in [6.45, 7) is 4.10. The maximum absolute atomic E-state index is 12.7. The van der Waals surface area contributed by atoms with Crippen molar-refractivity contribution in [3.8, 4) is 0 Å². The van der Waals surface area contributed by atoms with Crippen LogP contribution in [0.25, 0.3) is 0 Å². The summed E-state index contributed by atoms with van der Waals surface area (Å²) in [5.41, 5.74) is 1.15. The molecule has 0 spiro atoms. The van der Waals surface area contributed by atoms with E-state index < -0.39 is 4.92 Å². The van der Waals surface area contributed by atoms with Gasteiger partial charge in [0.05, 0.1) is 4.92 Å². The zero-order valence-corrected chi connectivity index (χ0v) is 14.3. The molecule has 130 valence electrons. The summed E-state index contributed by atoms with van der Waals surface area (Å²) in [6, 6.07) is 9.42. The lowest BCUT2D eigenvalue weighted by molar-refractivity contribution is -0.384. The number of hydrogen-bond acceptors (Lipinski definition) is 5. The van der Waals surface area contributed by atoms with Gasteiger partial charge in [0.15, 0.2) is 0 Å². The van der Waals surface area contributed by atoms with E-state index in [1.807, 2.05) is 6.07 Å². The number of carbonyl (C=O) groups excluding carboxylic acids is 1. The zero-order valence-electron chi connectivity index (χ0n) is 14.3. The molecule has 0 bridgehead atoms. The van der Waals surface area contributed by atoms with Crippen molar-refractivity contribution in [2.75, 3.05) is 29.9 Å². The summed E-state index contributed by atoms with van der Waals surface area (Å²) in [5.74, 6) is 1.26. The van der Waals surface area contributed by atoms with Crippen molar-refractivity contribution >= 4 is 23.1 Å². The standard InChI is InChI=1S/C18H20N4O3/c1-13-8-10-21(12-13)17-11-14(7-9-19-17)18(23)20(2)15-3-5-16(6-4-15)22(24)25/h3-7,9,11,13H,8,10,12H2,1-2H3/t13-/m1/s1. The molecule has 0 unspecified atom stereocenters. The van der Waals surface area contributed by atoms with Crippen LogP contribution in [0.1, 0.15) is 23.7 Å². The van der Waals surface area contributed by atoms with Gasteiger partial charge in [-0.2, -0.15) is 0 Å². The van der Waals surface area contributed by atoms with Crippen LogP contribution in [0.2, 0.25) is 0 Å². The average Bonchev–Trinajstić information content (AvgIpc) is 3.07. The van der Waals surface area contributed by atoms with Crippen molar-refractivity contribution in [3.05, 3.63) is 58.3 Å². The monoisotopic (exact) mass is 340 g/mol. The number of rotatable bonds is 4. The molecule has 3 rings (SSSR count). The van der Waals surface area contributed by atoms with Crippen LogP contribution >= 0.6 is 0 Å². The number of nitro groups is 1. The number of amides is 1. The lowest BCUT2D eigenvalue weighted by Crippen LogP contribution is -2.27. The predicted molar refractivity (Wildman–Crippen MR) is 96.1 cm³/mol. The molecule has 0 N–H and O–H groups in total. The molecule has 1 atom stereocenters. The van der Waals surface area contributed by atoms with E-state index in [1.54, 1.807) is 31.4 Å². The Morgan fingerprint density at radius 1 is 1.32 bits per heavy atom. The molecule has 1 aliphatic heterocycles. The van der Waals surface area contributed by atoms with Crippen molar-refractivity contribution in [1.29, 1.82) is 0 Å². The summed E-state index contributed by atoms with van der Waals surface area (Å²) in [4.78, 5) is 31.1. The van der Waals surface area contributed by atoms with E-state index in [9.17, 15) is 14.9 Å². The smallest absolute Gasteiger partial charge is 0.269 e. The van der Waals surface area contributed by atoms with Crippen LogP contribution in [0.3, 0.4) is 0 Å². The Hall–Kier alpha value is -2.96. The highest BCUT2D eigenvalue weighted by Gasteiger charge is 2.21. The van der Waals surface area contributed by atoms with Crippen molar-refractivity contribution < 1.29 is 9.72 Å². The van der Waals surface area contributed by atoms with Gasteiger partial charge in [-0.25, -0.2) is 4.98 Å². The number of nitro benzene ring substituents is 1. The highest BCUT2D eigenvalue weighted by Crippen LogP contribution is 2.24. The van der Waals surface area contributed by atoms with Crippen LogP contribution in [0.15, 0.2) is 42.6 Å². The molecular weight excluding hydrogens is 320 g/mol. The van der Waals surface area contributed by atoms with Crippen molar-refractivity contribution in [1.82, 2.24) is 4.98 Å². The molecule has 1 fully saturated rings.